The third kappa shape index (κ3) is 3.03. The second-order valence-electron chi connectivity index (χ2n) is 7.45. The molecule has 3 heteroatoms. The summed E-state index contributed by atoms with van der Waals surface area (Å²) in [4.78, 5) is 14.3. The highest BCUT2D eigenvalue weighted by Crippen LogP contribution is 2.43. The van der Waals surface area contributed by atoms with E-state index >= 15 is 0 Å². The Morgan fingerprint density at radius 2 is 2.00 bits per heavy atom. The van der Waals surface area contributed by atoms with Crippen molar-refractivity contribution < 1.29 is 9.90 Å². The van der Waals surface area contributed by atoms with Crippen LogP contribution in [-0.2, 0) is 4.79 Å². The van der Waals surface area contributed by atoms with E-state index in [0.717, 1.165) is 38.9 Å². The van der Waals surface area contributed by atoms with E-state index in [1.165, 1.54) is 25.7 Å². The molecule has 20 heavy (non-hydrogen) atoms. The van der Waals surface area contributed by atoms with Gasteiger partial charge < -0.3 is 10.0 Å². The van der Waals surface area contributed by atoms with Gasteiger partial charge in [0.15, 0.2) is 0 Å². The maximum absolute atomic E-state index is 11.9. The van der Waals surface area contributed by atoms with Gasteiger partial charge in [0.25, 0.3) is 0 Å². The average molecular weight is 281 g/mol. The van der Waals surface area contributed by atoms with Crippen LogP contribution in [0, 0.1) is 16.7 Å². The van der Waals surface area contributed by atoms with Gasteiger partial charge in [0.1, 0.15) is 0 Å². The molecular formula is C17H31NO2. The molecule has 0 bridgehead atoms. The zero-order chi connectivity index (χ0) is 14.8. The summed E-state index contributed by atoms with van der Waals surface area (Å²) in [5, 5.41) is 9.78. The van der Waals surface area contributed by atoms with Crippen LogP contribution < -0.4 is 0 Å². The Morgan fingerprint density at radius 1 is 1.30 bits per heavy atom. The molecule has 2 atom stereocenters. The lowest BCUT2D eigenvalue weighted by Gasteiger charge is -2.39. The normalized spacial score (nSPS) is 34.2. The van der Waals surface area contributed by atoms with Crippen LogP contribution in [0.25, 0.3) is 0 Å². The summed E-state index contributed by atoms with van der Waals surface area (Å²) in [5.74, 6) is -0.000826. The first-order chi connectivity index (χ1) is 9.45. The highest BCUT2D eigenvalue weighted by atomic mass is 16.4. The number of carbonyl (C=O) groups is 1. The highest BCUT2D eigenvalue weighted by molar-refractivity contribution is 5.75. The first kappa shape index (κ1) is 15.8. The van der Waals surface area contributed by atoms with Crippen molar-refractivity contribution in [2.24, 2.45) is 16.7 Å². The maximum Gasteiger partial charge on any atom is 0.310 e. The van der Waals surface area contributed by atoms with E-state index in [0.29, 0.717) is 11.3 Å². The number of carboxylic acids is 1. The van der Waals surface area contributed by atoms with E-state index in [1.807, 2.05) is 0 Å². The molecule has 1 aliphatic carbocycles. The summed E-state index contributed by atoms with van der Waals surface area (Å²) in [6, 6.07) is 0. The minimum Gasteiger partial charge on any atom is -0.481 e. The second kappa shape index (κ2) is 6.05. The Kier molecular flexibility index (Phi) is 4.78. The SMILES string of the molecule is CCC1(CC)CCN(CC2(C(=O)O)CCCC(C)C2)C1. The van der Waals surface area contributed by atoms with Crippen molar-refractivity contribution in [3.05, 3.63) is 0 Å². The summed E-state index contributed by atoms with van der Waals surface area (Å²) in [5.41, 5.74) is -0.0325. The molecule has 3 nitrogen and oxygen atoms in total. The smallest absolute Gasteiger partial charge is 0.310 e. The van der Waals surface area contributed by atoms with Crippen molar-refractivity contribution in [2.45, 2.75) is 65.7 Å². The fraction of sp³-hybridized carbons (Fsp3) is 0.941. The van der Waals surface area contributed by atoms with Crippen LogP contribution in [0.1, 0.15) is 65.7 Å². The lowest BCUT2D eigenvalue weighted by molar-refractivity contribution is -0.153. The number of hydrogen-bond acceptors (Lipinski definition) is 2. The molecule has 0 spiro atoms. The van der Waals surface area contributed by atoms with E-state index in [4.69, 9.17) is 0 Å². The molecule has 0 aromatic rings. The standard InChI is InChI=1S/C17H31NO2/c1-4-16(5-2)9-10-18(12-16)13-17(15(19)20)8-6-7-14(3)11-17/h14H,4-13H2,1-3H3,(H,19,20). The topological polar surface area (TPSA) is 40.5 Å². The largest absolute Gasteiger partial charge is 0.481 e. The molecule has 1 heterocycles. The Bertz CT molecular complexity index is 351. The number of carboxylic acid groups (broad SMARTS) is 1. The Balaban J connectivity index is 2.05. The monoisotopic (exact) mass is 281 g/mol. The fourth-order valence-electron chi connectivity index (χ4n) is 4.48. The van der Waals surface area contributed by atoms with Gasteiger partial charge in [-0.3, -0.25) is 4.79 Å². The first-order valence-corrected chi connectivity index (χ1v) is 8.41. The van der Waals surface area contributed by atoms with Crippen molar-refractivity contribution >= 4 is 5.97 Å². The van der Waals surface area contributed by atoms with E-state index < -0.39 is 11.4 Å². The highest BCUT2D eigenvalue weighted by Gasteiger charge is 2.45. The quantitative estimate of drug-likeness (QED) is 0.833. The number of rotatable bonds is 5. The summed E-state index contributed by atoms with van der Waals surface area (Å²) in [7, 11) is 0. The van der Waals surface area contributed by atoms with Crippen LogP contribution in [0.4, 0.5) is 0 Å². The third-order valence-electron chi connectivity index (χ3n) is 6.09. The second-order valence-corrected chi connectivity index (χ2v) is 7.45. The first-order valence-electron chi connectivity index (χ1n) is 8.41. The van der Waals surface area contributed by atoms with Crippen LogP contribution in [0.5, 0.6) is 0 Å². The van der Waals surface area contributed by atoms with Gasteiger partial charge in [0.2, 0.25) is 0 Å². The Hall–Kier alpha value is -0.570. The van der Waals surface area contributed by atoms with E-state index in [9.17, 15) is 9.90 Å². The molecule has 1 saturated heterocycles. The lowest BCUT2D eigenvalue weighted by atomic mass is 9.69. The van der Waals surface area contributed by atoms with E-state index in [1.54, 1.807) is 0 Å². The van der Waals surface area contributed by atoms with Gasteiger partial charge in [-0.05, 0) is 50.0 Å². The number of likely N-dealkylation sites (tertiary alicyclic amines) is 1. The van der Waals surface area contributed by atoms with Crippen molar-refractivity contribution in [1.82, 2.24) is 4.90 Å². The molecule has 1 N–H and O–H groups in total. The van der Waals surface area contributed by atoms with Crippen LogP contribution in [0.3, 0.4) is 0 Å². The number of aliphatic carboxylic acids is 1. The molecule has 0 radical (unpaired) electrons. The maximum atomic E-state index is 11.9. The Morgan fingerprint density at radius 3 is 2.50 bits per heavy atom. The van der Waals surface area contributed by atoms with Gasteiger partial charge >= 0.3 is 5.97 Å². The predicted molar refractivity (Wildman–Crippen MR) is 81.8 cm³/mol. The van der Waals surface area contributed by atoms with Crippen molar-refractivity contribution in [3.8, 4) is 0 Å². The minimum absolute atomic E-state index is 0.444. The average Bonchev–Trinajstić information content (AvgIpc) is 2.82. The van der Waals surface area contributed by atoms with Gasteiger partial charge in [-0.15, -0.1) is 0 Å². The van der Waals surface area contributed by atoms with Crippen molar-refractivity contribution in [2.75, 3.05) is 19.6 Å². The molecule has 2 unspecified atom stereocenters. The van der Waals surface area contributed by atoms with Crippen LogP contribution in [-0.4, -0.2) is 35.6 Å². The molecule has 0 amide bonds. The van der Waals surface area contributed by atoms with Gasteiger partial charge in [-0.25, -0.2) is 0 Å². The van der Waals surface area contributed by atoms with Gasteiger partial charge in [0.05, 0.1) is 5.41 Å². The molecule has 0 aromatic heterocycles. The third-order valence-corrected chi connectivity index (χ3v) is 6.09. The summed E-state index contributed by atoms with van der Waals surface area (Å²) >= 11 is 0. The summed E-state index contributed by atoms with van der Waals surface area (Å²) in [6.45, 7) is 9.73. The van der Waals surface area contributed by atoms with E-state index in [2.05, 4.69) is 25.7 Å². The van der Waals surface area contributed by atoms with E-state index in [-0.39, 0.29) is 0 Å². The summed E-state index contributed by atoms with van der Waals surface area (Å²) in [6.07, 6.45) is 7.69. The zero-order valence-corrected chi connectivity index (χ0v) is 13.5. The predicted octanol–water partition coefficient (Wildman–Crippen LogP) is 3.78. The van der Waals surface area contributed by atoms with Crippen LogP contribution >= 0.6 is 0 Å². The van der Waals surface area contributed by atoms with Gasteiger partial charge in [-0.1, -0.05) is 33.6 Å². The molecular weight excluding hydrogens is 250 g/mol. The zero-order valence-electron chi connectivity index (χ0n) is 13.5. The molecule has 2 aliphatic rings. The van der Waals surface area contributed by atoms with Crippen molar-refractivity contribution in [3.63, 3.8) is 0 Å². The molecule has 2 fully saturated rings. The minimum atomic E-state index is -0.561. The van der Waals surface area contributed by atoms with Crippen LogP contribution in [0.15, 0.2) is 0 Å². The van der Waals surface area contributed by atoms with Crippen molar-refractivity contribution in [1.29, 1.82) is 0 Å². The molecule has 0 aromatic carbocycles. The van der Waals surface area contributed by atoms with Gasteiger partial charge in [-0.2, -0.15) is 0 Å². The molecule has 1 saturated carbocycles. The van der Waals surface area contributed by atoms with Crippen LogP contribution in [0.2, 0.25) is 0 Å². The Labute approximate surface area is 123 Å². The lowest BCUT2D eigenvalue weighted by Crippen LogP contribution is -2.45. The number of nitrogens with zero attached hydrogens (tertiary/aromatic N) is 1. The molecule has 116 valence electrons. The summed E-state index contributed by atoms with van der Waals surface area (Å²) < 4.78 is 0. The fourth-order valence-corrected chi connectivity index (χ4v) is 4.48. The molecule has 2 rings (SSSR count). The molecule has 1 aliphatic heterocycles. The number of hydrogen-bond donors (Lipinski definition) is 1. The van der Waals surface area contributed by atoms with Gasteiger partial charge in [0, 0.05) is 13.1 Å².